The molecule has 0 bridgehead atoms. The Hall–Kier alpha value is -7.37. The topological polar surface area (TPSA) is 56.7 Å². The van der Waals surface area contributed by atoms with E-state index in [-0.39, 0.29) is 0 Å². The van der Waals surface area contributed by atoms with Crippen LogP contribution in [0.5, 0.6) is 0 Å². The maximum Gasteiger partial charge on any atom is 0.238 e. The fourth-order valence-corrected chi connectivity index (χ4v) is 7.98. The predicted octanol–water partition coefficient (Wildman–Crippen LogP) is 12.7. The third-order valence-corrected chi connectivity index (χ3v) is 10.5. The van der Waals surface area contributed by atoms with Crippen molar-refractivity contribution in [1.82, 2.24) is 19.5 Å². The van der Waals surface area contributed by atoms with Crippen LogP contribution in [0.25, 0.3) is 105 Å². The van der Waals surface area contributed by atoms with E-state index in [9.17, 15) is 0 Å². The Kier molecular flexibility index (Phi) is 6.79. The number of rotatable bonds is 5. The maximum absolute atomic E-state index is 6.76. The highest BCUT2D eigenvalue weighted by atomic mass is 16.3. The third kappa shape index (κ3) is 4.76. The lowest BCUT2D eigenvalue weighted by molar-refractivity contribution is 0.670. The second-order valence-electron chi connectivity index (χ2n) is 13.6. The normalized spacial score (nSPS) is 11.7. The van der Waals surface area contributed by atoms with Crippen molar-refractivity contribution in [2.45, 2.75) is 0 Å². The molecule has 5 heteroatoms. The van der Waals surface area contributed by atoms with E-state index in [1.54, 1.807) is 0 Å². The van der Waals surface area contributed by atoms with Crippen LogP contribution in [0.15, 0.2) is 186 Å². The van der Waals surface area contributed by atoms with Gasteiger partial charge < -0.3 is 4.42 Å². The van der Waals surface area contributed by atoms with Gasteiger partial charge in [-0.3, -0.25) is 4.57 Å². The lowest BCUT2D eigenvalue weighted by atomic mass is 9.98. The molecule has 0 aliphatic rings. The first-order valence-electron chi connectivity index (χ1n) is 18.1. The van der Waals surface area contributed by atoms with Crippen molar-refractivity contribution >= 4 is 54.5 Å². The molecule has 54 heavy (non-hydrogen) atoms. The molecule has 0 aliphatic carbocycles. The minimum Gasteiger partial charge on any atom is -0.455 e. The fourth-order valence-electron chi connectivity index (χ4n) is 7.98. The fraction of sp³-hybridized carbons (Fsp3) is 0. The standard InChI is InChI=1S/C49H30N4O/c1-3-13-31(14-4-1)32-25-27-35(28-26-32)48-50-47(34-16-5-2-6-17-34)51-49(52-48)53-42-24-10-9-19-37(42)38-20-11-21-39(45(38)53)40-22-12-23-41-44-36-18-8-7-15-33(36)29-30-43(44)54-46(40)41/h1-30H. The van der Waals surface area contributed by atoms with Crippen molar-refractivity contribution in [2.75, 3.05) is 0 Å². The lowest BCUT2D eigenvalue weighted by Gasteiger charge is -2.13. The largest absolute Gasteiger partial charge is 0.455 e. The summed E-state index contributed by atoms with van der Waals surface area (Å²) in [5, 5.41) is 6.82. The minimum atomic E-state index is 0.549. The van der Waals surface area contributed by atoms with Gasteiger partial charge in [0.25, 0.3) is 0 Å². The molecule has 252 valence electrons. The van der Waals surface area contributed by atoms with Crippen LogP contribution in [0.4, 0.5) is 0 Å². The van der Waals surface area contributed by atoms with Crippen LogP contribution in [-0.2, 0) is 0 Å². The molecule has 0 amide bonds. The maximum atomic E-state index is 6.76. The van der Waals surface area contributed by atoms with Gasteiger partial charge in [0, 0.05) is 43.8 Å². The summed E-state index contributed by atoms with van der Waals surface area (Å²) >= 11 is 0. The van der Waals surface area contributed by atoms with Crippen molar-refractivity contribution in [1.29, 1.82) is 0 Å². The summed E-state index contributed by atoms with van der Waals surface area (Å²) in [7, 11) is 0. The van der Waals surface area contributed by atoms with E-state index >= 15 is 0 Å². The number of benzene rings is 8. The third-order valence-electron chi connectivity index (χ3n) is 10.5. The molecule has 11 aromatic rings. The van der Waals surface area contributed by atoms with E-state index in [2.05, 4.69) is 150 Å². The molecule has 0 fully saturated rings. The average molecular weight is 691 g/mol. The lowest BCUT2D eigenvalue weighted by Crippen LogP contribution is -2.07. The summed E-state index contributed by atoms with van der Waals surface area (Å²) in [5.74, 6) is 1.76. The predicted molar refractivity (Wildman–Crippen MR) is 221 cm³/mol. The minimum absolute atomic E-state index is 0.549. The Balaban J connectivity index is 1.18. The van der Waals surface area contributed by atoms with Crippen LogP contribution in [0.1, 0.15) is 0 Å². The zero-order chi connectivity index (χ0) is 35.6. The summed E-state index contributed by atoms with van der Waals surface area (Å²) < 4.78 is 8.96. The summed E-state index contributed by atoms with van der Waals surface area (Å²) in [4.78, 5) is 15.5. The van der Waals surface area contributed by atoms with Gasteiger partial charge >= 0.3 is 0 Å². The molecule has 11 rings (SSSR count). The molecule has 3 aromatic heterocycles. The first kappa shape index (κ1) is 30.3. The molecule has 3 heterocycles. The van der Waals surface area contributed by atoms with Gasteiger partial charge in [0.1, 0.15) is 11.2 Å². The van der Waals surface area contributed by atoms with E-state index in [1.165, 1.54) is 10.8 Å². The average Bonchev–Trinajstić information content (AvgIpc) is 3.81. The first-order valence-corrected chi connectivity index (χ1v) is 18.1. The molecule has 5 nitrogen and oxygen atoms in total. The number of hydrogen-bond donors (Lipinski definition) is 0. The summed E-state index contributed by atoms with van der Waals surface area (Å²) in [6.45, 7) is 0. The molecule has 0 N–H and O–H groups in total. The second-order valence-corrected chi connectivity index (χ2v) is 13.6. The number of hydrogen-bond acceptors (Lipinski definition) is 4. The zero-order valence-corrected chi connectivity index (χ0v) is 29.0. The SMILES string of the molecule is c1ccc(-c2ccc(-c3nc(-c4ccccc4)nc(-n4c5ccccc5c5cccc(-c6cccc7c6oc6ccc8ccccc8c67)c54)n3)cc2)cc1. The van der Waals surface area contributed by atoms with Gasteiger partial charge in [-0.1, -0.05) is 170 Å². The highest BCUT2D eigenvalue weighted by molar-refractivity contribution is 6.22. The molecule has 0 saturated heterocycles. The molecular weight excluding hydrogens is 661 g/mol. The quantitative estimate of drug-likeness (QED) is 0.180. The summed E-state index contributed by atoms with van der Waals surface area (Å²) in [5.41, 5.74) is 9.92. The molecule has 0 radical (unpaired) electrons. The van der Waals surface area contributed by atoms with E-state index < -0.39 is 0 Å². The van der Waals surface area contributed by atoms with E-state index in [4.69, 9.17) is 19.4 Å². The number of fused-ring (bicyclic) bond motifs is 8. The molecular formula is C49H30N4O. The van der Waals surface area contributed by atoms with Crippen LogP contribution < -0.4 is 0 Å². The van der Waals surface area contributed by atoms with Crippen molar-refractivity contribution in [3.8, 4) is 51.0 Å². The Bertz CT molecular complexity index is 3200. The number of para-hydroxylation sites is 3. The number of aromatic nitrogens is 4. The van der Waals surface area contributed by atoms with E-state index in [1.807, 2.05) is 36.4 Å². The zero-order valence-electron chi connectivity index (χ0n) is 29.0. The van der Waals surface area contributed by atoms with Crippen molar-refractivity contribution in [3.63, 3.8) is 0 Å². The highest BCUT2D eigenvalue weighted by Gasteiger charge is 2.22. The molecule has 0 aliphatic heterocycles. The van der Waals surface area contributed by atoms with E-state index in [0.29, 0.717) is 17.6 Å². The Labute approximate surface area is 310 Å². The summed E-state index contributed by atoms with van der Waals surface area (Å²) in [6, 6.07) is 63.2. The number of furan rings is 1. The molecule has 8 aromatic carbocycles. The Morgan fingerprint density at radius 3 is 1.74 bits per heavy atom. The molecule has 0 unspecified atom stereocenters. The van der Waals surface area contributed by atoms with Crippen molar-refractivity contribution < 1.29 is 4.42 Å². The van der Waals surface area contributed by atoms with Gasteiger partial charge in [0.05, 0.1) is 11.0 Å². The van der Waals surface area contributed by atoms with Crippen LogP contribution >= 0.6 is 0 Å². The van der Waals surface area contributed by atoms with Crippen LogP contribution in [0.2, 0.25) is 0 Å². The second kappa shape index (κ2) is 12.1. The van der Waals surface area contributed by atoms with Gasteiger partial charge in [-0.05, 0) is 34.0 Å². The van der Waals surface area contributed by atoms with Crippen molar-refractivity contribution in [3.05, 3.63) is 182 Å². The van der Waals surface area contributed by atoms with Gasteiger partial charge in [-0.2, -0.15) is 9.97 Å². The molecule has 0 spiro atoms. The van der Waals surface area contributed by atoms with Gasteiger partial charge in [0.2, 0.25) is 5.95 Å². The number of nitrogens with zero attached hydrogens (tertiary/aromatic N) is 4. The Morgan fingerprint density at radius 2 is 0.963 bits per heavy atom. The Morgan fingerprint density at radius 1 is 0.389 bits per heavy atom. The molecule has 0 saturated carbocycles. The smallest absolute Gasteiger partial charge is 0.238 e. The molecule has 0 atom stereocenters. The monoisotopic (exact) mass is 690 g/mol. The van der Waals surface area contributed by atoms with Gasteiger partial charge in [-0.25, -0.2) is 4.98 Å². The summed E-state index contributed by atoms with van der Waals surface area (Å²) in [6.07, 6.45) is 0. The van der Waals surface area contributed by atoms with Crippen LogP contribution in [0, 0.1) is 0 Å². The van der Waals surface area contributed by atoms with E-state index in [0.717, 1.165) is 77.1 Å². The van der Waals surface area contributed by atoms with Crippen LogP contribution in [-0.4, -0.2) is 19.5 Å². The van der Waals surface area contributed by atoms with Crippen LogP contribution in [0.3, 0.4) is 0 Å². The highest BCUT2D eigenvalue weighted by Crippen LogP contribution is 2.43. The van der Waals surface area contributed by atoms with Gasteiger partial charge in [-0.15, -0.1) is 0 Å². The van der Waals surface area contributed by atoms with Crippen molar-refractivity contribution in [2.24, 2.45) is 0 Å². The van der Waals surface area contributed by atoms with Gasteiger partial charge in [0.15, 0.2) is 11.6 Å². The first-order chi connectivity index (χ1) is 26.8.